The second-order valence-corrected chi connectivity index (χ2v) is 8.17. The Bertz CT molecular complexity index is 787. The molecule has 3 heterocycles. The number of anilines is 2. The molecule has 1 amide bonds. The summed E-state index contributed by atoms with van der Waals surface area (Å²) in [6.07, 6.45) is 4.99. The van der Waals surface area contributed by atoms with Crippen LogP contribution in [0.5, 0.6) is 0 Å². The van der Waals surface area contributed by atoms with Gasteiger partial charge in [-0.1, -0.05) is 12.8 Å². The molecule has 0 radical (unpaired) electrons. The largest absolute Gasteiger partial charge is 0.383 e. The maximum Gasteiger partial charge on any atom is 0.261 e. The lowest BCUT2D eigenvalue weighted by molar-refractivity contribution is -0.113. The molecule has 1 aromatic carbocycles. The molecule has 1 aromatic rings. The van der Waals surface area contributed by atoms with Crippen molar-refractivity contribution in [3.63, 3.8) is 0 Å². The zero-order valence-electron chi connectivity index (χ0n) is 16.7. The van der Waals surface area contributed by atoms with Crippen molar-refractivity contribution in [2.45, 2.75) is 37.8 Å². The molecule has 1 aliphatic carbocycles. The van der Waals surface area contributed by atoms with Crippen LogP contribution in [0.25, 0.3) is 5.57 Å². The van der Waals surface area contributed by atoms with E-state index < -0.39 is 0 Å². The van der Waals surface area contributed by atoms with Crippen molar-refractivity contribution in [2.24, 2.45) is 0 Å². The van der Waals surface area contributed by atoms with Crippen LogP contribution in [0.15, 0.2) is 23.9 Å². The van der Waals surface area contributed by atoms with E-state index in [2.05, 4.69) is 28.8 Å². The van der Waals surface area contributed by atoms with E-state index in [0.717, 1.165) is 34.8 Å². The molecule has 7 nitrogen and oxygen atoms in total. The Balaban J connectivity index is 1.52. The molecule has 29 heavy (non-hydrogen) atoms. The minimum Gasteiger partial charge on any atom is -0.383 e. The maximum absolute atomic E-state index is 13.6. The molecule has 0 bridgehead atoms. The molecule has 3 fully saturated rings. The summed E-state index contributed by atoms with van der Waals surface area (Å²) in [5, 5.41) is 7.04. The minimum absolute atomic E-state index is 0.00474. The standard InChI is InChI=1S/C22H29N3O4/c26-22-21(19-14-27-8-7-23-19)18-11-16(24-15-3-1-2-4-15)5-6-20(18)25(22)17-12-28-9-10-29-13-17/h5-6,11,15,17,23-24H,1-4,7-10,12-14H2/b21-19-. The van der Waals surface area contributed by atoms with E-state index in [-0.39, 0.29) is 11.9 Å². The Labute approximate surface area is 171 Å². The van der Waals surface area contributed by atoms with E-state index >= 15 is 0 Å². The van der Waals surface area contributed by atoms with Gasteiger partial charge >= 0.3 is 0 Å². The van der Waals surface area contributed by atoms with Crippen molar-refractivity contribution in [3.05, 3.63) is 29.5 Å². The summed E-state index contributed by atoms with van der Waals surface area (Å²) in [6.45, 7) is 3.93. The van der Waals surface area contributed by atoms with Gasteiger partial charge in [0.2, 0.25) is 0 Å². The molecule has 3 aliphatic heterocycles. The summed E-state index contributed by atoms with van der Waals surface area (Å²) in [5.41, 5.74) is 4.57. The first-order valence-electron chi connectivity index (χ1n) is 10.8. The van der Waals surface area contributed by atoms with E-state index in [1.165, 1.54) is 25.7 Å². The summed E-state index contributed by atoms with van der Waals surface area (Å²) in [6, 6.07) is 6.68. The van der Waals surface area contributed by atoms with Crippen molar-refractivity contribution in [3.8, 4) is 0 Å². The van der Waals surface area contributed by atoms with Crippen molar-refractivity contribution < 1.29 is 19.0 Å². The third kappa shape index (κ3) is 3.74. The maximum atomic E-state index is 13.6. The monoisotopic (exact) mass is 399 g/mol. The summed E-state index contributed by atoms with van der Waals surface area (Å²) in [7, 11) is 0. The van der Waals surface area contributed by atoms with E-state index in [0.29, 0.717) is 45.7 Å². The molecule has 4 aliphatic rings. The van der Waals surface area contributed by atoms with Crippen LogP contribution in [0.2, 0.25) is 0 Å². The quantitative estimate of drug-likeness (QED) is 0.759. The molecule has 0 aromatic heterocycles. The van der Waals surface area contributed by atoms with E-state index in [9.17, 15) is 4.79 Å². The van der Waals surface area contributed by atoms with Crippen molar-refractivity contribution in [2.75, 3.05) is 56.4 Å². The zero-order valence-corrected chi connectivity index (χ0v) is 16.7. The van der Waals surface area contributed by atoms with Crippen LogP contribution in [0.1, 0.15) is 31.2 Å². The Hall–Kier alpha value is -2.09. The number of amides is 1. The predicted molar refractivity (Wildman–Crippen MR) is 111 cm³/mol. The van der Waals surface area contributed by atoms with Crippen LogP contribution in [0.3, 0.4) is 0 Å². The lowest BCUT2D eigenvalue weighted by Gasteiger charge is -2.27. The van der Waals surface area contributed by atoms with Crippen molar-refractivity contribution >= 4 is 22.9 Å². The number of nitrogens with one attached hydrogen (secondary N) is 2. The summed E-state index contributed by atoms with van der Waals surface area (Å²) in [5.74, 6) is 0.00474. The van der Waals surface area contributed by atoms with E-state index in [1.807, 2.05) is 4.90 Å². The van der Waals surface area contributed by atoms with Crippen molar-refractivity contribution in [1.29, 1.82) is 0 Å². The molecule has 0 spiro atoms. The Morgan fingerprint density at radius 3 is 2.55 bits per heavy atom. The fourth-order valence-electron chi connectivity index (χ4n) is 4.75. The molecule has 7 heteroatoms. The van der Waals surface area contributed by atoms with Crippen molar-refractivity contribution in [1.82, 2.24) is 5.32 Å². The first-order chi connectivity index (χ1) is 14.3. The van der Waals surface area contributed by atoms with Crippen LogP contribution in [-0.4, -0.2) is 64.2 Å². The SMILES string of the molecule is O=C1/C(=C2/COCCN2)c2cc(NC3CCCC3)ccc2N1C1COCCOC1. The zero-order chi connectivity index (χ0) is 19.6. The third-order valence-electron chi connectivity index (χ3n) is 6.17. The second kappa shape index (κ2) is 8.34. The van der Waals surface area contributed by atoms with Crippen LogP contribution >= 0.6 is 0 Å². The predicted octanol–water partition coefficient (Wildman–Crippen LogP) is 2.13. The number of nitrogens with zero attached hydrogens (tertiary/aromatic N) is 1. The highest BCUT2D eigenvalue weighted by atomic mass is 16.5. The van der Waals surface area contributed by atoms with Crippen LogP contribution in [-0.2, 0) is 19.0 Å². The van der Waals surface area contributed by atoms with Gasteiger partial charge in [-0.05, 0) is 31.0 Å². The summed E-state index contributed by atoms with van der Waals surface area (Å²) >= 11 is 0. The van der Waals surface area contributed by atoms with Gasteiger partial charge in [-0.25, -0.2) is 0 Å². The average molecular weight is 399 g/mol. The number of carbonyl (C=O) groups is 1. The summed E-state index contributed by atoms with van der Waals surface area (Å²) in [4.78, 5) is 15.4. The highest BCUT2D eigenvalue weighted by Crippen LogP contribution is 2.41. The number of rotatable bonds is 3. The van der Waals surface area contributed by atoms with E-state index in [1.54, 1.807) is 0 Å². The van der Waals surface area contributed by atoms with Gasteiger partial charge in [0.05, 0.1) is 62.6 Å². The fraction of sp³-hybridized carbons (Fsp3) is 0.591. The molecule has 2 saturated heterocycles. The number of ether oxygens (including phenoxy) is 3. The van der Waals surface area contributed by atoms with Gasteiger partial charge in [0.25, 0.3) is 5.91 Å². The number of hydrogen-bond donors (Lipinski definition) is 2. The smallest absolute Gasteiger partial charge is 0.261 e. The third-order valence-corrected chi connectivity index (χ3v) is 6.17. The number of morpholine rings is 1. The first kappa shape index (κ1) is 18.9. The molecule has 5 rings (SSSR count). The van der Waals surface area contributed by atoms with E-state index in [4.69, 9.17) is 14.2 Å². The van der Waals surface area contributed by atoms with Gasteiger partial charge in [-0.2, -0.15) is 0 Å². The second-order valence-electron chi connectivity index (χ2n) is 8.17. The highest BCUT2D eigenvalue weighted by Gasteiger charge is 2.40. The topological polar surface area (TPSA) is 72.1 Å². The van der Waals surface area contributed by atoms with Gasteiger partial charge in [-0.3, -0.25) is 9.69 Å². The lowest BCUT2D eigenvalue weighted by atomic mass is 10.0. The summed E-state index contributed by atoms with van der Waals surface area (Å²) < 4.78 is 17.0. The van der Waals surface area contributed by atoms with Crippen LogP contribution in [0.4, 0.5) is 11.4 Å². The molecule has 2 N–H and O–H groups in total. The van der Waals surface area contributed by atoms with Gasteiger partial charge in [0.1, 0.15) is 0 Å². The molecule has 156 valence electrons. The average Bonchev–Trinajstić information content (AvgIpc) is 3.25. The molecule has 1 saturated carbocycles. The molecular weight excluding hydrogens is 370 g/mol. The number of hydrogen-bond acceptors (Lipinski definition) is 6. The molecule has 0 unspecified atom stereocenters. The Morgan fingerprint density at radius 1 is 1.03 bits per heavy atom. The Kier molecular flexibility index (Phi) is 5.44. The molecule has 0 atom stereocenters. The normalized spacial score (nSPS) is 26.3. The lowest BCUT2D eigenvalue weighted by Crippen LogP contribution is -2.43. The van der Waals surface area contributed by atoms with Crippen LogP contribution in [0, 0.1) is 0 Å². The van der Waals surface area contributed by atoms with Gasteiger partial charge in [-0.15, -0.1) is 0 Å². The van der Waals surface area contributed by atoms with Gasteiger partial charge in [0, 0.05) is 23.8 Å². The first-order valence-corrected chi connectivity index (χ1v) is 10.8. The van der Waals surface area contributed by atoms with Crippen LogP contribution < -0.4 is 15.5 Å². The number of benzene rings is 1. The fourth-order valence-corrected chi connectivity index (χ4v) is 4.75. The van der Waals surface area contributed by atoms with Gasteiger partial charge in [0.15, 0.2) is 0 Å². The Morgan fingerprint density at radius 2 is 1.83 bits per heavy atom. The van der Waals surface area contributed by atoms with Gasteiger partial charge < -0.3 is 24.8 Å². The minimum atomic E-state index is -0.125. The number of carbonyl (C=O) groups excluding carboxylic acids is 1. The highest BCUT2D eigenvalue weighted by molar-refractivity contribution is 6.33. The molecular formula is C22H29N3O4. The number of fused-ring (bicyclic) bond motifs is 1.